The Morgan fingerprint density at radius 1 is 1.23 bits per heavy atom. The van der Waals surface area contributed by atoms with E-state index in [1.165, 1.54) is 23.1 Å². The number of amides is 2. The predicted molar refractivity (Wildman–Crippen MR) is 99.3 cm³/mol. The third kappa shape index (κ3) is 4.27. The van der Waals surface area contributed by atoms with Gasteiger partial charge >= 0.3 is 0 Å². The molecule has 134 valence electrons. The zero-order valence-electron chi connectivity index (χ0n) is 14.1. The van der Waals surface area contributed by atoms with E-state index < -0.39 is 0 Å². The number of hydrogen-bond donors (Lipinski definition) is 2. The maximum absolute atomic E-state index is 12.0. The van der Waals surface area contributed by atoms with Crippen molar-refractivity contribution in [1.29, 1.82) is 0 Å². The van der Waals surface area contributed by atoms with E-state index in [1.807, 2.05) is 32.0 Å². The number of rotatable bonds is 5. The van der Waals surface area contributed by atoms with Gasteiger partial charge in [-0.2, -0.15) is 4.68 Å². The van der Waals surface area contributed by atoms with Gasteiger partial charge in [-0.1, -0.05) is 35.5 Å². The van der Waals surface area contributed by atoms with Crippen LogP contribution in [0.3, 0.4) is 0 Å². The van der Waals surface area contributed by atoms with Gasteiger partial charge in [0.15, 0.2) is 0 Å². The molecule has 0 unspecified atom stereocenters. The predicted octanol–water partition coefficient (Wildman–Crippen LogP) is 1.89. The molecule has 2 N–H and O–H groups in total. The summed E-state index contributed by atoms with van der Waals surface area (Å²) in [6, 6.07) is 9.40. The lowest BCUT2D eigenvalue weighted by atomic mass is 10.1. The summed E-state index contributed by atoms with van der Waals surface area (Å²) in [6.07, 6.45) is 0. The molecule has 0 aliphatic rings. The maximum atomic E-state index is 12.0. The number of benzene rings is 1. The van der Waals surface area contributed by atoms with Crippen LogP contribution in [0.1, 0.15) is 20.8 Å². The fourth-order valence-electron chi connectivity index (χ4n) is 2.23. The van der Waals surface area contributed by atoms with E-state index in [0.717, 1.165) is 16.8 Å². The summed E-state index contributed by atoms with van der Waals surface area (Å²) >= 11 is 2.48. The normalized spacial score (nSPS) is 10.5. The average molecular weight is 388 g/mol. The third-order valence-corrected chi connectivity index (χ3v) is 5.20. The van der Waals surface area contributed by atoms with Crippen LogP contribution in [0.25, 0.3) is 5.69 Å². The number of nitrogens with zero attached hydrogens (tertiary/aromatic N) is 4. The topological polar surface area (TPSA) is 102 Å². The second-order valence-corrected chi connectivity index (χ2v) is 7.32. The molecular weight excluding hydrogens is 372 g/mol. The number of hydrogen-bond acceptors (Lipinski definition) is 7. The molecule has 1 aromatic carbocycles. The smallest absolute Gasteiger partial charge is 0.272 e. The summed E-state index contributed by atoms with van der Waals surface area (Å²) in [5.74, 6) is -0.635. The summed E-state index contributed by atoms with van der Waals surface area (Å²) in [4.78, 5) is 24.3. The minimum Gasteiger partial charge on any atom is -0.272 e. The molecule has 0 atom stereocenters. The number of thiophene rings is 1. The number of aromatic nitrogens is 4. The zero-order valence-corrected chi connectivity index (χ0v) is 15.7. The molecule has 26 heavy (non-hydrogen) atoms. The van der Waals surface area contributed by atoms with Crippen molar-refractivity contribution < 1.29 is 9.59 Å². The van der Waals surface area contributed by atoms with E-state index in [1.54, 1.807) is 22.2 Å². The van der Waals surface area contributed by atoms with E-state index in [9.17, 15) is 9.59 Å². The Hall–Kier alpha value is -2.72. The van der Waals surface area contributed by atoms with Crippen LogP contribution in [-0.4, -0.2) is 37.8 Å². The first-order chi connectivity index (χ1) is 12.5. The van der Waals surface area contributed by atoms with Gasteiger partial charge in [-0.3, -0.25) is 20.4 Å². The molecule has 2 heterocycles. The molecule has 0 radical (unpaired) electrons. The number of carbonyl (C=O) groups excluding carboxylic acids is 2. The van der Waals surface area contributed by atoms with Gasteiger partial charge in [0.05, 0.1) is 16.3 Å². The Balaban J connectivity index is 1.58. The molecule has 0 aliphatic heterocycles. The van der Waals surface area contributed by atoms with Crippen LogP contribution in [0.4, 0.5) is 0 Å². The third-order valence-electron chi connectivity index (χ3n) is 3.41. The van der Waals surface area contributed by atoms with Crippen LogP contribution >= 0.6 is 23.1 Å². The Kier molecular flexibility index (Phi) is 5.64. The molecule has 2 aromatic heterocycles. The number of carbonyl (C=O) groups is 2. The molecule has 0 saturated carbocycles. The fraction of sp³-hybridized carbons (Fsp3) is 0.188. The summed E-state index contributed by atoms with van der Waals surface area (Å²) in [5, 5.41) is 13.9. The van der Waals surface area contributed by atoms with Crippen LogP contribution in [0.15, 0.2) is 40.9 Å². The van der Waals surface area contributed by atoms with Gasteiger partial charge in [0, 0.05) is 0 Å². The molecule has 8 nitrogen and oxygen atoms in total. The highest BCUT2D eigenvalue weighted by molar-refractivity contribution is 7.99. The number of hydrazine groups is 1. The molecule has 10 heteroatoms. The van der Waals surface area contributed by atoms with Crippen molar-refractivity contribution in [3.63, 3.8) is 0 Å². The SMILES string of the molecule is Cc1ccc(-n2nnnc2SCC(=O)NNC(=O)c2cccs2)c(C)c1. The average Bonchev–Trinajstić information content (AvgIpc) is 3.29. The van der Waals surface area contributed by atoms with Gasteiger partial charge in [-0.05, 0) is 47.4 Å². The second-order valence-electron chi connectivity index (χ2n) is 5.43. The van der Waals surface area contributed by atoms with Crippen molar-refractivity contribution in [3.05, 3.63) is 51.7 Å². The first kappa shape index (κ1) is 18.1. The number of tetrazole rings is 1. The van der Waals surface area contributed by atoms with Crippen LogP contribution in [0.2, 0.25) is 0 Å². The molecular formula is C16H16N6O2S2. The first-order valence-corrected chi connectivity index (χ1v) is 9.52. The van der Waals surface area contributed by atoms with E-state index in [-0.39, 0.29) is 17.6 Å². The van der Waals surface area contributed by atoms with Gasteiger partial charge in [0.1, 0.15) is 0 Å². The molecule has 2 amide bonds. The van der Waals surface area contributed by atoms with Crippen molar-refractivity contribution in [1.82, 2.24) is 31.1 Å². The first-order valence-electron chi connectivity index (χ1n) is 7.66. The monoisotopic (exact) mass is 388 g/mol. The minimum atomic E-state index is -0.352. The fourth-order valence-corrected chi connectivity index (χ4v) is 3.53. The van der Waals surface area contributed by atoms with E-state index in [0.29, 0.717) is 10.0 Å². The van der Waals surface area contributed by atoms with Crippen molar-refractivity contribution >= 4 is 34.9 Å². The maximum Gasteiger partial charge on any atom is 0.279 e. The standard InChI is InChI=1S/C16H16N6O2S2/c1-10-5-6-12(11(2)8-10)22-16(19-20-21-22)26-9-14(23)17-18-15(24)13-4-3-7-25-13/h3-8H,9H2,1-2H3,(H,17,23)(H,18,24). The Morgan fingerprint density at radius 3 is 2.81 bits per heavy atom. The van der Waals surface area contributed by atoms with Crippen LogP contribution < -0.4 is 10.9 Å². The van der Waals surface area contributed by atoms with Crippen LogP contribution in [0, 0.1) is 13.8 Å². The van der Waals surface area contributed by atoms with Gasteiger partial charge in [0.25, 0.3) is 5.91 Å². The molecule has 0 spiro atoms. The number of nitrogens with one attached hydrogen (secondary N) is 2. The molecule has 0 aliphatic carbocycles. The van der Waals surface area contributed by atoms with Gasteiger partial charge < -0.3 is 0 Å². The highest BCUT2D eigenvalue weighted by atomic mass is 32.2. The van der Waals surface area contributed by atoms with Gasteiger partial charge in [-0.15, -0.1) is 16.4 Å². The second kappa shape index (κ2) is 8.11. The molecule has 0 fully saturated rings. The lowest BCUT2D eigenvalue weighted by molar-refractivity contribution is -0.119. The van der Waals surface area contributed by atoms with Gasteiger partial charge in [0.2, 0.25) is 11.1 Å². The lowest BCUT2D eigenvalue weighted by Crippen LogP contribution is -2.42. The summed E-state index contributed by atoms with van der Waals surface area (Å²) in [5.41, 5.74) is 7.80. The molecule has 0 bridgehead atoms. The number of thioether (sulfide) groups is 1. The highest BCUT2D eigenvalue weighted by Gasteiger charge is 2.14. The quantitative estimate of drug-likeness (QED) is 0.511. The Morgan fingerprint density at radius 2 is 2.08 bits per heavy atom. The zero-order chi connectivity index (χ0) is 18.5. The number of aryl methyl sites for hydroxylation is 2. The van der Waals surface area contributed by atoms with E-state index >= 15 is 0 Å². The summed E-state index contributed by atoms with van der Waals surface area (Å²) in [6.45, 7) is 3.99. The largest absolute Gasteiger partial charge is 0.279 e. The van der Waals surface area contributed by atoms with Crippen molar-refractivity contribution in [2.24, 2.45) is 0 Å². The van der Waals surface area contributed by atoms with Crippen molar-refractivity contribution in [2.45, 2.75) is 19.0 Å². The van der Waals surface area contributed by atoms with E-state index in [4.69, 9.17) is 0 Å². The summed E-state index contributed by atoms with van der Waals surface area (Å²) in [7, 11) is 0. The molecule has 3 rings (SSSR count). The Bertz CT molecular complexity index is 923. The Labute approximate surface area is 158 Å². The lowest BCUT2D eigenvalue weighted by Gasteiger charge is -2.09. The van der Waals surface area contributed by atoms with Crippen molar-refractivity contribution in [3.8, 4) is 5.69 Å². The van der Waals surface area contributed by atoms with Crippen LogP contribution in [-0.2, 0) is 4.79 Å². The molecule has 3 aromatic rings. The van der Waals surface area contributed by atoms with Crippen molar-refractivity contribution in [2.75, 3.05) is 5.75 Å². The highest BCUT2D eigenvalue weighted by Crippen LogP contribution is 2.21. The van der Waals surface area contributed by atoms with Crippen LogP contribution in [0.5, 0.6) is 0 Å². The van der Waals surface area contributed by atoms with Gasteiger partial charge in [-0.25, -0.2) is 0 Å². The molecule has 0 saturated heterocycles. The minimum absolute atomic E-state index is 0.0655. The summed E-state index contributed by atoms with van der Waals surface area (Å²) < 4.78 is 1.59. The van der Waals surface area contributed by atoms with E-state index in [2.05, 4.69) is 26.4 Å².